The lowest BCUT2D eigenvalue weighted by Crippen LogP contribution is -2.27. The minimum atomic E-state index is -3.65. The Bertz CT molecular complexity index is 689. The molecular formula is C12H12BrN3O2S. The number of sulfonamides is 1. The number of pyridine rings is 1. The summed E-state index contributed by atoms with van der Waals surface area (Å²) in [4.78, 5) is 4.18. The fourth-order valence-corrected chi connectivity index (χ4v) is 3.20. The monoisotopic (exact) mass is 341 g/mol. The molecular weight excluding hydrogens is 330 g/mol. The van der Waals surface area contributed by atoms with E-state index in [9.17, 15) is 8.42 Å². The number of aromatic nitrogens is 1. The van der Waals surface area contributed by atoms with Crippen LogP contribution in [-0.4, -0.2) is 20.4 Å². The van der Waals surface area contributed by atoms with Gasteiger partial charge in [-0.15, -0.1) is 0 Å². The molecule has 0 spiro atoms. The van der Waals surface area contributed by atoms with Crippen LogP contribution >= 0.6 is 15.9 Å². The largest absolute Gasteiger partial charge is 0.398 e. The van der Waals surface area contributed by atoms with Gasteiger partial charge in [0.05, 0.1) is 4.90 Å². The molecule has 0 bridgehead atoms. The van der Waals surface area contributed by atoms with Crippen molar-refractivity contribution in [3.63, 3.8) is 0 Å². The van der Waals surface area contributed by atoms with Crippen molar-refractivity contribution in [2.45, 2.75) is 4.90 Å². The van der Waals surface area contributed by atoms with E-state index in [-0.39, 0.29) is 4.90 Å². The molecule has 0 fully saturated rings. The summed E-state index contributed by atoms with van der Waals surface area (Å²) in [5.74, 6) is 0.357. The number of nitrogens with two attached hydrogens (primary N) is 1. The average molecular weight is 342 g/mol. The van der Waals surface area contributed by atoms with Gasteiger partial charge in [-0.05, 0) is 46.3 Å². The zero-order chi connectivity index (χ0) is 14.0. The summed E-state index contributed by atoms with van der Waals surface area (Å²) in [6.07, 6.45) is 1.54. The summed E-state index contributed by atoms with van der Waals surface area (Å²) < 4.78 is 26.5. The van der Waals surface area contributed by atoms with Crippen LogP contribution in [0.2, 0.25) is 0 Å². The van der Waals surface area contributed by atoms with Gasteiger partial charge in [-0.3, -0.25) is 4.31 Å². The number of hydrogen-bond donors (Lipinski definition) is 1. The van der Waals surface area contributed by atoms with Crippen LogP contribution in [0, 0.1) is 0 Å². The Morgan fingerprint density at radius 1 is 1.26 bits per heavy atom. The number of benzene rings is 1. The van der Waals surface area contributed by atoms with Crippen molar-refractivity contribution in [2.75, 3.05) is 17.1 Å². The molecule has 2 rings (SSSR count). The molecule has 0 aliphatic heterocycles. The number of anilines is 2. The van der Waals surface area contributed by atoms with Gasteiger partial charge in [-0.25, -0.2) is 13.4 Å². The van der Waals surface area contributed by atoms with E-state index < -0.39 is 10.0 Å². The quantitative estimate of drug-likeness (QED) is 0.868. The molecule has 1 aromatic heterocycles. The Morgan fingerprint density at radius 3 is 2.58 bits per heavy atom. The van der Waals surface area contributed by atoms with Crippen molar-refractivity contribution in [2.24, 2.45) is 0 Å². The molecule has 0 radical (unpaired) electrons. The standard InChI is InChI=1S/C12H12BrN3O2S/c1-16(12-4-2-3-7-15-12)19(17,18)9-5-6-11(14)10(13)8-9/h2-8H,14H2,1H3. The van der Waals surface area contributed by atoms with Gasteiger partial charge in [0, 0.05) is 23.4 Å². The molecule has 2 aromatic rings. The summed E-state index contributed by atoms with van der Waals surface area (Å²) >= 11 is 3.22. The number of halogens is 1. The first-order chi connectivity index (χ1) is 8.93. The van der Waals surface area contributed by atoms with E-state index in [1.807, 2.05) is 0 Å². The van der Waals surface area contributed by atoms with Gasteiger partial charge < -0.3 is 5.73 Å². The summed E-state index contributed by atoms with van der Waals surface area (Å²) in [6, 6.07) is 9.57. The van der Waals surface area contributed by atoms with Gasteiger partial charge in [-0.2, -0.15) is 0 Å². The second-order valence-electron chi connectivity index (χ2n) is 3.84. The maximum Gasteiger partial charge on any atom is 0.265 e. The van der Waals surface area contributed by atoms with Crippen molar-refractivity contribution >= 4 is 37.5 Å². The fraction of sp³-hybridized carbons (Fsp3) is 0.0833. The predicted octanol–water partition coefficient (Wildman–Crippen LogP) is 2.25. The highest BCUT2D eigenvalue weighted by Crippen LogP contribution is 2.26. The number of nitrogen functional groups attached to an aromatic ring is 1. The molecule has 5 nitrogen and oxygen atoms in total. The lowest BCUT2D eigenvalue weighted by molar-refractivity contribution is 0.594. The molecule has 1 heterocycles. The van der Waals surface area contributed by atoms with E-state index in [1.54, 1.807) is 30.5 Å². The van der Waals surface area contributed by atoms with E-state index in [0.29, 0.717) is 16.0 Å². The van der Waals surface area contributed by atoms with Crippen LogP contribution in [0.4, 0.5) is 11.5 Å². The van der Waals surface area contributed by atoms with E-state index in [0.717, 1.165) is 4.31 Å². The third-order valence-electron chi connectivity index (χ3n) is 2.60. The average Bonchev–Trinajstić information content (AvgIpc) is 2.41. The van der Waals surface area contributed by atoms with Gasteiger partial charge in [0.2, 0.25) is 0 Å². The molecule has 0 atom stereocenters. The van der Waals surface area contributed by atoms with Crippen molar-refractivity contribution in [1.82, 2.24) is 4.98 Å². The minimum absolute atomic E-state index is 0.154. The van der Waals surface area contributed by atoms with Crippen molar-refractivity contribution in [1.29, 1.82) is 0 Å². The zero-order valence-electron chi connectivity index (χ0n) is 10.1. The third-order valence-corrected chi connectivity index (χ3v) is 5.05. The van der Waals surface area contributed by atoms with E-state index in [1.165, 1.54) is 19.2 Å². The SMILES string of the molecule is CN(c1ccccn1)S(=O)(=O)c1ccc(N)c(Br)c1. The van der Waals surface area contributed by atoms with Crippen LogP contribution in [0.25, 0.3) is 0 Å². The second kappa shape index (κ2) is 5.18. The summed E-state index contributed by atoms with van der Waals surface area (Å²) in [6.45, 7) is 0. The lowest BCUT2D eigenvalue weighted by Gasteiger charge is -2.18. The summed E-state index contributed by atoms with van der Waals surface area (Å²) in [7, 11) is -2.19. The summed E-state index contributed by atoms with van der Waals surface area (Å²) in [5.41, 5.74) is 6.14. The van der Waals surface area contributed by atoms with Gasteiger partial charge in [0.25, 0.3) is 10.0 Å². The predicted molar refractivity (Wildman–Crippen MR) is 78.4 cm³/mol. The first-order valence-corrected chi connectivity index (χ1v) is 7.61. The van der Waals surface area contributed by atoms with Crippen molar-refractivity contribution in [3.8, 4) is 0 Å². The number of hydrogen-bond acceptors (Lipinski definition) is 4. The highest BCUT2D eigenvalue weighted by molar-refractivity contribution is 9.10. The molecule has 100 valence electrons. The molecule has 0 aliphatic carbocycles. The number of nitrogens with zero attached hydrogens (tertiary/aromatic N) is 2. The Kier molecular flexibility index (Phi) is 3.77. The molecule has 0 aliphatic rings. The molecule has 1 aromatic carbocycles. The van der Waals surface area contributed by atoms with E-state index in [2.05, 4.69) is 20.9 Å². The first-order valence-electron chi connectivity index (χ1n) is 5.38. The Hall–Kier alpha value is -1.60. The van der Waals surface area contributed by atoms with Crippen LogP contribution in [0.3, 0.4) is 0 Å². The van der Waals surface area contributed by atoms with Gasteiger partial charge in [0.15, 0.2) is 0 Å². The molecule has 0 amide bonds. The second-order valence-corrected chi connectivity index (χ2v) is 6.67. The smallest absolute Gasteiger partial charge is 0.265 e. The highest BCUT2D eigenvalue weighted by atomic mass is 79.9. The Labute approximate surface area is 120 Å². The minimum Gasteiger partial charge on any atom is -0.398 e. The molecule has 0 unspecified atom stereocenters. The van der Waals surface area contributed by atoms with Gasteiger partial charge >= 0.3 is 0 Å². The third kappa shape index (κ3) is 2.71. The Morgan fingerprint density at radius 2 is 2.00 bits per heavy atom. The summed E-state index contributed by atoms with van der Waals surface area (Å²) in [5, 5.41) is 0. The fourth-order valence-electron chi connectivity index (χ4n) is 1.49. The van der Waals surface area contributed by atoms with Crippen molar-refractivity contribution < 1.29 is 8.42 Å². The van der Waals surface area contributed by atoms with E-state index in [4.69, 9.17) is 5.73 Å². The van der Waals surface area contributed by atoms with Crippen LogP contribution in [0.15, 0.2) is 52.0 Å². The molecule has 19 heavy (non-hydrogen) atoms. The maximum atomic E-state index is 12.4. The van der Waals surface area contributed by atoms with E-state index >= 15 is 0 Å². The van der Waals surface area contributed by atoms with Crippen LogP contribution in [-0.2, 0) is 10.0 Å². The zero-order valence-corrected chi connectivity index (χ0v) is 12.5. The van der Waals surface area contributed by atoms with Gasteiger partial charge in [0.1, 0.15) is 5.82 Å². The van der Waals surface area contributed by atoms with Crippen LogP contribution in [0.5, 0.6) is 0 Å². The van der Waals surface area contributed by atoms with Gasteiger partial charge in [-0.1, -0.05) is 6.07 Å². The molecule has 2 N–H and O–H groups in total. The molecule has 0 saturated carbocycles. The van der Waals surface area contributed by atoms with Crippen molar-refractivity contribution in [3.05, 3.63) is 47.1 Å². The molecule has 0 saturated heterocycles. The lowest BCUT2D eigenvalue weighted by atomic mass is 10.3. The highest BCUT2D eigenvalue weighted by Gasteiger charge is 2.22. The Balaban J connectivity index is 2.45. The normalized spacial score (nSPS) is 11.3. The topological polar surface area (TPSA) is 76.3 Å². The van der Waals surface area contributed by atoms with Crippen LogP contribution in [0.1, 0.15) is 0 Å². The maximum absolute atomic E-state index is 12.4. The molecule has 7 heteroatoms. The number of rotatable bonds is 3. The van der Waals surface area contributed by atoms with Crippen LogP contribution < -0.4 is 10.0 Å². The first kappa shape index (κ1) is 13.8.